The number of nitrogens with one attached hydrogen (secondary N) is 2. The first-order valence-corrected chi connectivity index (χ1v) is 9.45. The third-order valence-electron chi connectivity index (χ3n) is 5.89. The number of fused-ring (bicyclic) bond motifs is 2. The SMILES string of the molecule is CN=C(NCCc1c[nH]c2cc(F)ccc12)N1CC2CCCCC2C1. The maximum absolute atomic E-state index is 13.3. The van der Waals surface area contributed by atoms with Crippen molar-refractivity contribution in [3.63, 3.8) is 0 Å². The summed E-state index contributed by atoms with van der Waals surface area (Å²) in [5.74, 6) is 2.54. The van der Waals surface area contributed by atoms with Gasteiger partial charge < -0.3 is 15.2 Å². The number of likely N-dealkylation sites (tertiary alicyclic amines) is 1. The predicted molar refractivity (Wildman–Crippen MR) is 100 cm³/mol. The second kappa shape index (κ2) is 7.06. The van der Waals surface area contributed by atoms with Gasteiger partial charge in [-0.2, -0.15) is 0 Å². The molecule has 25 heavy (non-hydrogen) atoms. The fourth-order valence-corrected chi connectivity index (χ4v) is 4.59. The van der Waals surface area contributed by atoms with Crippen LogP contribution in [0.3, 0.4) is 0 Å². The lowest BCUT2D eigenvalue weighted by Gasteiger charge is -2.22. The van der Waals surface area contributed by atoms with Gasteiger partial charge in [0.1, 0.15) is 5.82 Å². The Labute approximate surface area is 148 Å². The van der Waals surface area contributed by atoms with Crippen molar-refractivity contribution in [2.75, 3.05) is 26.7 Å². The first kappa shape index (κ1) is 16.4. The van der Waals surface area contributed by atoms with Gasteiger partial charge in [0.05, 0.1) is 0 Å². The molecule has 0 radical (unpaired) electrons. The Morgan fingerprint density at radius 3 is 2.76 bits per heavy atom. The molecule has 0 amide bonds. The van der Waals surface area contributed by atoms with Crippen LogP contribution in [0, 0.1) is 17.7 Å². The van der Waals surface area contributed by atoms with Crippen LogP contribution < -0.4 is 5.32 Å². The highest BCUT2D eigenvalue weighted by atomic mass is 19.1. The van der Waals surface area contributed by atoms with Crippen LogP contribution in [0.5, 0.6) is 0 Å². The molecule has 1 aromatic heterocycles. The van der Waals surface area contributed by atoms with E-state index in [-0.39, 0.29) is 5.82 Å². The number of nitrogens with zero attached hydrogens (tertiary/aromatic N) is 2. The number of H-pyrrole nitrogens is 1. The minimum atomic E-state index is -0.199. The Morgan fingerprint density at radius 1 is 1.28 bits per heavy atom. The number of rotatable bonds is 3. The molecule has 2 aromatic rings. The van der Waals surface area contributed by atoms with Gasteiger partial charge in [0.2, 0.25) is 0 Å². The van der Waals surface area contributed by atoms with E-state index < -0.39 is 0 Å². The molecule has 134 valence electrons. The molecule has 5 heteroatoms. The van der Waals surface area contributed by atoms with Gasteiger partial charge in [-0.3, -0.25) is 4.99 Å². The van der Waals surface area contributed by atoms with Gasteiger partial charge >= 0.3 is 0 Å². The van der Waals surface area contributed by atoms with Crippen LogP contribution in [-0.2, 0) is 6.42 Å². The van der Waals surface area contributed by atoms with Crippen LogP contribution in [0.15, 0.2) is 29.4 Å². The largest absolute Gasteiger partial charge is 0.361 e. The van der Waals surface area contributed by atoms with E-state index in [1.165, 1.54) is 37.3 Å². The molecule has 1 aromatic carbocycles. The average Bonchev–Trinajstić information content (AvgIpc) is 3.22. The number of aromatic amines is 1. The third-order valence-corrected chi connectivity index (χ3v) is 5.89. The normalized spacial score (nSPS) is 23.9. The molecule has 1 saturated carbocycles. The molecule has 2 unspecified atom stereocenters. The van der Waals surface area contributed by atoms with Crippen LogP contribution in [0.2, 0.25) is 0 Å². The van der Waals surface area contributed by atoms with Crippen LogP contribution in [0.4, 0.5) is 4.39 Å². The molecule has 2 atom stereocenters. The zero-order valence-corrected chi connectivity index (χ0v) is 14.9. The summed E-state index contributed by atoms with van der Waals surface area (Å²) in [6, 6.07) is 4.94. The second-order valence-electron chi connectivity index (χ2n) is 7.44. The zero-order chi connectivity index (χ0) is 17.2. The van der Waals surface area contributed by atoms with Crippen LogP contribution in [0.1, 0.15) is 31.2 Å². The molecule has 1 aliphatic carbocycles. The monoisotopic (exact) mass is 342 g/mol. The first-order chi connectivity index (χ1) is 12.2. The molecular weight excluding hydrogens is 315 g/mol. The highest BCUT2D eigenvalue weighted by Crippen LogP contribution is 2.35. The molecule has 2 heterocycles. The molecule has 4 rings (SSSR count). The molecule has 0 bridgehead atoms. The van der Waals surface area contributed by atoms with E-state index in [0.717, 1.165) is 54.8 Å². The van der Waals surface area contributed by atoms with Gasteiger partial charge in [-0.05, 0) is 54.9 Å². The van der Waals surface area contributed by atoms with Crippen molar-refractivity contribution < 1.29 is 4.39 Å². The van der Waals surface area contributed by atoms with Crippen LogP contribution in [-0.4, -0.2) is 42.5 Å². The molecule has 0 spiro atoms. The number of hydrogen-bond acceptors (Lipinski definition) is 1. The fraction of sp³-hybridized carbons (Fsp3) is 0.550. The Balaban J connectivity index is 1.35. The summed E-state index contributed by atoms with van der Waals surface area (Å²) in [6.07, 6.45) is 8.42. The number of benzene rings is 1. The lowest BCUT2D eigenvalue weighted by molar-refractivity contribution is 0.299. The molecule has 4 nitrogen and oxygen atoms in total. The van der Waals surface area contributed by atoms with Crippen molar-refractivity contribution in [3.8, 4) is 0 Å². The molecule has 1 saturated heterocycles. The van der Waals surface area contributed by atoms with E-state index in [2.05, 4.69) is 20.2 Å². The third kappa shape index (κ3) is 3.37. The van der Waals surface area contributed by atoms with Crippen molar-refractivity contribution >= 4 is 16.9 Å². The number of aliphatic imine (C=N–C) groups is 1. The predicted octanol–water partition coefficient (Wildman–Crippen LogP) is 3.55. The van der Waals surface area contributed by atoms with Gasteiger partial charge in [0, 0.05) is 43.8 Å². The highest BCUT2D eigenvalue weighted by molar-refractivity contribution is 5.83. The fourth-order valence-electron chi connectivity index (χ4n) is 4.59. The van der Waals surface area contributed by atoms with Gasteiger partial charge in [0.25, 0.3) is 0 Å². The highest BCUT2D eigenvalue weighted by Gasteiger charge is 2.35. The van der Waals surface area contributed by atoms with E-state index >= 15 is 0 Å². The van der Waals surface area contributed by atoms with Crippen molar-refractivity contribution in [2.24, 2.45) is 16.8 Å². The van der Waals surface area contributed by atoms with Crippen molar-refractivity contribution in [1.29, 1.82) is 0 Å². The lowest BCUT2D eigenvalue weighted by atomic mass is 9.82. The summed E-state index contributed by atoms with van der Waals surface area (Å²) in [7, 11) is 1.87. The number of aromatic nitrogens is 1. The topological polar surface area (TPSA) is 43.4 Å². The maximum atomic E-state index is 13.3. The summed E-state index contributed by atoms with van der Waals surface area (Å²) >= 11 is 0. The number of guanidine groups is 1. The summed E-state index contributed by atoms with van der Waals surface area (Å²) < 4.78 is 13.3. The smallest absolute Gasteiger partial charge is 0.193 e. The standard InChI is InChI=1S/C20H27FN4/c1-22-20(25-12-15-4-2-3-5-16(15)13-25)23-9-8-14-11-24-19-10-17(21)6-7-18(14)19/h6-7,10-11,15-16,24H,2-5,8-9,12-13H2,1H3,(H,22,23). The lowest BCUT2D eigenvalue weighted by Crippen LogP contribution is -2.41. The van der Waals surface area contributed by atoms with Gasteiger partial charge in [-0.1, -0.05) is 12.8 Å². The van der Waals surface area contributed by atoms with E-state index in [1.54, 1.807) is 6.07 Å². The van der Waals surface area contributed by atoms with Crippen molar-refractivity contribution in [3.05, 3.63) is 35.8 Å². The number of hydrogen-bond donors (Lipinski definition) is 2. The zero-order valence-electron chi connectivity index (χ0n) is 14.9. The summed E-state index contributed by atoms with van der Waals surface area (Å²) in [5, 5.41) is 4.63. The quantitative estimate of drug-likeness (QED) is 0.662. The summed E-state index contributed by atoms with van der Waals surface area (Å²) in [6.45, 7) is 3.14. The molecular formula is C20H27FN4. The minimum absolute atomic E-state index is 0.199. The Morgan fingerprint density at radius 2 is 2.04 bits per heavy atom. The van der Waals surface area contributed by atoms with E-state index in [4.69, 9.17) is 0 Å². The maximum Gasteiger partial charge on any atom is 0.193 e. The van der Waals surface area contributed by atoms with Gasteiger partial charge in [-0.25, -0.2) is 4.39 Å². The van der Waals surface area contributed by atoms with Crippen molar-refractivity contribution in [2.45, 2.75) is 32.1 Å². The molecule has 2 fully saturated rings. The van der Waals surface area contributed by atoms with Crippen LogP contribution >= 0.6 is 0 Å². The van der Waals surface area contributed by atoms with Gasteiger partial charge in [0.15, 0.2) is 5.96 Å². The first-order valence-electron chi connectivity index (χ1n) is 9.45. The van der Waals surface area contributed by atoms with Gasteiger partial charge in [-0.15, -0.1) is 0 Å². The van der Waals surface area contributed by atoms with Crippen LogP contribution in [0.25, 0.3) is 10.9 Å². The number of halogens is 1. The van der Waals surface area contributed by atoms with E-state index in [0.29, 0.717) is 0 Å². The average molecular weight is 342 g/mol. The Kier molecular flexibility index (Phi) is 4.64. The minimum Gasteiger partial charge on any atom is -0.361 e. The molecule has 2 N–H and O–H groups in total. The summed E-state index contributed by atoms with van der Waals surface area (Å²) in [5.41, 5.74) is 2.08. The Bertz CT molecular complexity index is 752. The molecule has 2 aliphatic rings. The van der Waals surface area contributed by atoms with Crippen molar-refractivity contribution in [1.82, 2.24) is 15.2 Å². The van der Waals surface area contributed by atoms with E-state index in [9.17, 15) is 4.39 Å². The Hall–Kier alpha value is -2.04. The van der Waals surface area contributed by atoms with E-state index in [1.807, 2.05) is 19.3 Å². The second-order valence-corrected chi connectivity index (χ2v) is 7.44. The molecule has 1 aliphatic heterocycles. The summed E-state index contributed by atoms with van der Waals surface area (Å²) in [4.78, 5) is 10.1.